The van der Waals surface area contributed by atoms with Gasteiger partial charge in [-0.3, -0.25) is 9.59 Å². The second kappa shape index (κ2) is 7.55. The molecule has 0 unspecified atom stereocenters. The summed E-state index contributed by atoms with van der Waals surface area (Å²) < 4.78 is 15.4. The monoisotopic (exact) mass is 369 g/mol. The molecule has 5 nitrogen and oxygen atoms in total. The van der Waals surface area contributed by atoms with Gasteiger partial charge in [-0.1, -0.05) is 12.1 Å². The zero-order valence-electron chi connectivity index (χ0n) is 15.3. The van der Waals surface area contributed by atoms with Crippen LogP contribution in [0.4, 0.5) is 4.39 Å². The molecule has 2 aliphatic rings. The number of carbonyl (C=O) groups is 2. The lowest BCUT2D eigenvalue weighted by molar-refractivity contribution is -0.130. The van der Waals surface area contributed by atoms with Crippen LogP contribution in [0.1, 0.15) is 34.6 Å². The van der Waals surface area contributed by atoms with E-state index >= 15 is 0 Å². The van der Waals surface area contributed by atoms with Gasteiger partial charge in [-0.05, 0) is 48.6 Å². The molecule has 1 aliphatic carbocycles. The molecule has 0 atom stereocenters. The van der Waals surface area contributed by atoms with Gasteiger partial charge in [-0.2, -0.15) is 0 Å². The van der Waals surface area contributed by atoms with E-state index in [0.29, 0.717) is 43.2 Å². The zero-order valence-corrected chi connectivity index (χ0v) is 15.3. The Morgan fingerprint density at radius 2 is 1.96 bits per heavy atom. The minimum Gasteiger partial charge on any atom is -0.350 e. The summed E-state index contributed by atoms with van der Waals surface area (Å²) in [5, 5.41) is 3.01. The van der Waals surface area contributed by atoms with E-state index in [1.165, 1.54) is 25.0 Å². The van der Waals surface area contributed by atoms with Crippen LogP contribution in [0.2, 0.25) is 0 Å². The molecule has 1 aromatic carbocycles. The van der Waals surface area contributed by atoms with Crippen LogP contribution in [-0.4, -0.2) is 40.9 Å². The van der Waals surface area contributed by atoms with Crippen molar-refractivity contribution in [3.05, 3.63) is 59.2 Å². The standard InChI is InChI=1S/C21H24FN3O2/c22-17-3-1-2-16(12-17)13-20(26)24-9-8-18-6-7-19(25(18)11-10-24)21(27)23-14-15-4-5-15/h1-3,6-7,12,15H,4-5,8-11,13-14H2,(H,23,27). The van der Waals surface area contributed by atoms with Gasteiger partial charge >= 0.3 is 0 Å². The van der Waals surface area contributed by atoms with Gasteiger partial charge in [0.2, 0.25) is 5.91 Å². The molecule has 0 bridgehead atoms. The normalized spacial score (nSPS) is 16.6. The number of fused-ring (bicyclic) bond motifs is 1. The molecule has 2 aromatic rings. The van der Waals surface area contributed by atoms with Crippen LogP contribution in [0.25, 0.3) is 0 Å². The number of amides is 2. The Kier molecular flexibility index (Phi) is 4.97. The average molecular weight is 369 g/mol. The van der Waals surface area contributed by atoms with Crippen LogP contribution in [-0.2, 0) is 24.2 Å². The highest BCUT2D eigenvalue weighted by Crippen LogP contribution is 2.27. The molecule has 2 amide bonds. The third-order valence-electron chi connectivity index (χ3n) is 5.38. The molecular weight excluding hydrogens is 345 g/mol. The number of hydrogen-bond acceptors (Lipinski definition) is 2. The van der Waals surface area contributed by atoms with E-state index in [4.69, 9.17) is 0 Å². The SMILES string of the molecule is O=C(NCC1CC1)c1ccc2n1CCN(C(=O)Cc1cccc(F)c1)CC2. The van der Waals surface area contributed by atoms with Crippen LogP contribution in [0.5, 0.6) is 0 Å². The Morgan fingerprint density at radius 3 is 2.74 bits per heavy atom. The van der Waals surface area contributed by atoms with Gasteiger partial charge in [0.1, 0.15) is 11.5 Å². The van der Waals surface area contributed by atoms with Gasteiger partial charge in [0.15, 0.2) is 0 Å². The summed E-state index contributed by atoms with van der Waals surface area (Å²) in [6.45, 7) is 2.51. The minimum absolute atomic E-state index is 0.00825. The van der Waals surface area contributed by atoms with Crippen LogP contribution >= 0.6 is 0 Å². The fourth-order valence-electron chi connectivity index (χ4n) is 3.60. The molecule has 1 fully saturated rings. The predicted molar refractivity (Wildman–Crippen MR) is 99.9 cm³/mol. The third-order valence-corrected chi connectivity index (χ3v) is 5.38. The second-order valence-electron chi connectivity index (χ2n) is 7.45. The zero-order chi connectivity index (χ0) is 18.8. The van der Waals surface area contributed by atoms with Crippen LogP contribution in [0.15, 0.2) is 36.4 Å². The lowest BCUT2D eigenvalue weighted by atomic mass is 10.1. The summed E-state index contributed by atoms with van der Waals surface area (Å²) in [4.78, 5) is 26.9. The predicted octanol–water partition coefficient (Wildman–Crippen LogP) is 2.39. The average Bonchev–Trinajstić information content (AvgIpc) is 3.43. The second-order valence-corrected chi connectivity index (χ2v) is 7.45. The van der Waals surface area contributed by atoms with Crippen molar-refractivity contribution < 1.29 is 14.0 Å². The molecule has 27 heavy (non-hydrogen) atoms. The Hall–Kier alpha value is -2.63. The maximum absolute atomic E-state index is 13.3. The number of carbonyl (C=O) groups excluding carboxylic acids is 2. The van der Waals surface area contributed by atoms with Crippen molar-refractivity contribution in [1.82, 2.24) is 14.8 Å². The van der Waals surface area contributed by atoms with Crippen molar-refractivity contribution in [3.63, 3.8) is 0 Å². The number of aromatic nitrogens is 1. The fraction of sp³-hybridized carbons (Fsp3) is 0.429. The van der Waals surface area contributed by atoms with Gasteiger partial charge in [0.25, 0.3) is 5.91 Å². The lowest BCUT2D eigenvalue weighted by Gasteiger charge is -2.20. The molecule has 142 valence electrons. The van der Waals surface area contributed by atoms with Gasteiger partial charge in [0.05, 0.1) is 6.42 Å². The molecule has 1 aromatic heterocycles. The molecule has 2 heterocycles. The first-order valence-electron chi connectivity index (χ1n) is 9.59. The van der Waals surface area contributed by atoms with Crippen molar-refractivity contribution in [2.75, 3.05) is 19.6 Å². The van der Waals surface area contributed by atoms with Crippen LogP contribution < -0.4 is 5.32 Å². The summed E-state index contributed by atoms with van der Waals surface area (Å²) >= 11 is 0. The van der Waals surface area contributed by atoms with Crippen molar-refractivity contribution in [1.29, 1.82) is 0 Å². The van der Waals surface area contributed by atoms with E-state index in [1.54, 1.807) is 12.1 Å². The molecule has 1 N–H and O–H groups in total. The number of hydrogen-bond donors (Lipinski definition) is 1. The minimum atomic E-state index is -0.325. The topological polar surface area (TPSA) is 54.3 Å². The van der Waals surface area contributed by atoms with Gasteiger partial charge in [-0.15, -0.1) is 0 Å². The largest absolute Gasteiger partial charge is 0.350 e. The van der Waals surface area contributed by atoms with Gasteiger partial charge < -0.3 is 14.8 Å². The molecule has 0 spiro atoms. The Bertz CT molecular complexity index is 857. The highest BCUT2D eigenvalue weighted by molar-refractivity contribution is 5.93. The summed E-state index contributed by atoms with van der Waals surface area (Å²) in [7, 11) is 0. The number of halogens is 1. The van der Waals surface area contributed by atoms with E-state index in [-0.39, 0.29) is 24.1 Å². The molecular formula is C21H24FN3O2. The Labute approximate surface area is 158 Å². The molecule has 4 rings (SSSR count). The van der Waals surface area contributed by atoms with Crippen molar-refractivity contribution in [3.8, 4) is 0 Å². The smallest absolute Gasteiger partial charge is 0.267 e. The number of rotatable bonds is 5. The first-order valence-corrected chi connectivity index (χ1v) is 9.59. The van der Waals surface area contributed by atoms with E-state index in [9.17, 15) is 14.0 Å². The summed E-state index contributed by atoms with van der Waals surface area (Å²) in [6.07, 6.45) is 3.32. The molecule has 1 saturated carbocycles. The molecule has 1 aliphatic heterocycles. The van der Waals surface area contributed by atoms with Crippen molar-refractivity contribution in [2.45, 2.75) is 32.2 Å². The number of nitrogens with one attached hydrogen (secondary N) is 1. The Balaban J connectivity index is 1.39. The quantitative estimate of drug-likeness (QED) is 0.880. The molecule has 0 radical (unpaired) electrons. The lowest BCUT2D eigenvalue weighted by Crippen LogP contribution is -2.35. The summed E-state index contributed by atoms with van der Waals surface area (Å²) in [6, 6.07) is 10.0. The van der Waals surface area contributed by atoms with Crippen LogP contribution in [0.3, 0.4) is 0 Å². The van der Waals surface area contributed by atoms with Gasteiger partial charge in [0, 0.05) is 38.3 Å². The van der Waals surface area contributed by atoms with Gasteiger partial charge in [-0.25, -0.2) is 4.39 Å². The third kappa shape index (κ3) is 4.21. The van der Waals surface area contributed by atoms with E-state index in [0.717, 1.165) is 12.2 Å². The first kappa shape index (κ1) is 17.8. The van der Waals surface area contributed by atoms with E-state index < -0.39 is 0 Å². The number of nitrogens with zero attached hydrogens (tertiary/aromatic N) is 2. The summed E-state index contributed by atoms with van der Waals surface area (Å²) in [5.74, 6) is 0.274. The number of benzene rings is 1. The maximum Gasteiger partial charge on any atom is 0.267 e. The first-order chi connectivity index (χ1) is 13.1. The highest BCUT2D eigenvalue weighted by atomic mass is 19.1. The van der Waals surface area contributed by atoms with Crippen LogP contribution in [0, 0.1) is 11.7 Å². The van der Waals surface area contributed by atoms with Crippen molar-refractivity contribution >= 4 is 11.8 Å². The fourth-order valence-corrected chi connectivity index (χ4v) is 3.60. The molecule has 0 saturated heterocycles. The van der Waals surface area contributed by atoms with E-state index in [2.05, 4.69) is 5.32 Å². The van der Waals surface area contributed by atoms with Crippen molar-refractivity contribution in [2.24, 2.45) is 5.92 Å². The maximum atomic E-state index is 13.3. The van der Waals surface area contributed by atoms with E-state index in [1.807, 2.05) is 21.6 Å². The highest BCUT2D eigenvalue weighted by Gasteiger charge is 2.25. The summed E-state index contributed by atoms with van der Waals surface area (Å²) in [5.41, 5.74) is 2.43. The Morgan fingerprint density at radius 1 is 1.11 bits per heavy atom. The molecule has 6 heteroatoms.